The van der Waals surface area contributed by atoms with Crippen molar-refractivity contribution < 1.29 is 13.2 Å². The number of benzene rings is 1. The summed E-state index contributed by atoms with van der Waals surface area (Å²) in [5, 5.41) is 1.29. The quantitative estimate of drug-likeness (QED) is 0.788. The van der Waals surface area contributed by atoms with Crippen LogP contribution in [0.15, 0.2) is 35.7 Å². The van der Waals surface area contributed by atoms with Crippen molar-refractivity contribution in [3.05, 3.63) is 41.3 Å². The Morgan fingerprint density at radius 3 is 2.42 bits per heavy atom. The van der Waals surface area contributed by atoms with E-state index < -0.39 is 10.0 Å². The van der Waals surface area contributed by atoms with Gasteiger partial charge < -0.3 is 4.90 Å². The lowest BCUT2D eigenvalue weighted by molar-refractivity contribution is -0.137. The van der Waals surface area contributed by atoms with Gasteiger partial charge >= 0.3 is 0 Å². The molecule has 0 saturated carbocycles. The van der Waals surface area contributed by atoms with Crippen LogP contribution in [0.4, 0.5) is 0 Å². The Morgan fingerprint density at radius 2 is 1.81 bits per heavy atom. The van der Waals surface area contributed by atoms with Crippen LogP contribution in [0, 0.1) is 5.92 Å². The van der Waals surface area contributed by atoms with Gasteiger partial charge in [-0.25, -0.2) is 8.42 Å². The van der Waals surface area contributed by atoms with Crippen molar-refractivity contribution in [2.24, 2.45) is 5.92 Å². The molecule has 5 nitrogen and oxygen atoms in total. The summed E-state index contributed by atoms with van der Waals surface area (Å²) in [4.78, 5) is 14.3. The molecule has 0 aromatic heterocycles. The Morgan fingerprint density at radius 1 is 1.15 bits per heavy atom. The van der Waals surface area contributed by atoms with Crippen LogP contribution in [0.25, 0.3) is 6.08 Å². The summed E-state index contributed by atoms with van der Waals surface area (Å²) in [5.74, 6) is 1.08. The second-order valence-corrected chi connectivity index (χ2v) is 10.4. The number of carbonyl (C=O) groups excluding carboxylic acids is 1. The molecule has 7 heteroatoms. The van der Waals surface area contributed by atoms with Gasteiger partial charge in [-0.15, -0.1) is 11.8 Å². The van der Waals surface area contributed by atoms with Gasteiger partial charge in [-0.3, -0.25) is 4.79 Å². The number of hydrogen-bond acceptors (Lipinski definition) is 4. The molecule has 0 unspecified atom stereocenters. The molecule has 2 saturated heterocycles. The highest BCUT2D eigenvalue weighted by Crippen LogP contribution is 2.44. The van der Waals surface area contributed by atoms with Crippen molar-refractivity contribution in [3.63, 3.8) is 0 Å². The second-order valence-electron chi connectivity index (χ2n) is 7.10. The first-order valence-corrected chi connectivity index (χ1v) is 11.5. The number of hydrogen-bond donors (Lipinski definition) is 0. The van der Waals surface area contributed by atoms with Gasteiger partial charge in [0.15, 0.2) is 0 Å². The molecule has 0 N–H and O–H groups in total. The first kappa shape index (κ1) is 19.5. The van der Waals surface area contributed by atoms with E-state index in [4.69, 9.17) is 0 Å². The molecule has 3 rings (SSSR count). The molecule has 1 aromatic carbocycles. The molecule has 0 bridgehead atoms. The lowest BCUT2D eigenvalue weighted by Crippen LogP contribution is -2.54. The van der Waals surface area contributed by atoms with Gasteiger partial charge in [-0.1, -0.05) is 44.2 Å². The Kier molecular flexibility index (Phi) is 5.79. The maximum atomic E-state index is 12.6. The predicted molar refractivity (Wildman–Crippen MR) is 107 cm³/mol. The summed E-state index contributed by atoms with van der Waals surface area (Å²) >= 11 is 1.81. The molecule has 142 valence electrons. The summed E-state index contributed by atoms with van der Waals surface area (Å²) < 4.78 is 26.8. The SMILES string of the molecule is CC(C)C(=O)N1CCSC12CCN(S(=O)(=O)/C=C/c1ccccc1)CC2. The largest absolute Gasteiger partial charge is 0.327 e. The maximum Gasteiger partial charge on any atom is 0.236 e. The molecule has 0 radical (unpaired) electrons. The van der Waals surface area contributed by atoms with Gasteiger partial charge in [0, 0.05) is 36.7 Å². The number of nitrogens with zero attached hydrogens (tertiary/aromatic N) is 2. The van der Waals surface area contributed by atoms with E-state index in [0.717, 1.165) is 17.9 Å². The van der Waals surface area contributed by atoms with Crippen LogP contribution in [0.5, 0.6) is 0 Å². The molecular weight excluding hydrogens is 368 g/mol. The minimum atomic E-state index is -3.44. The number of rotatable bonds is 4. The second kappa shape index (κ2) is 7.74. The zero-order valence-electron chi connectivity index (χ0n) is 15.3. The average Bonchev–Trinajstić information content (AvgIpc) is 3.03. The van der Waals surface area contributed by atoms with Gasteiger partial charge in [0.25, 0.3) is 0 Å². The minimum absolute atomic E-state index is 0.0267. The molecule has 2 fully saturated rings. The van der Waals surface area contributed by atoms with Crippen molar-refractivity contribution in [2.75, 3.05) is 25.4 Å². The van der Waals surface area contributed by atoms with E-state index in [-0.39, 0.29) is 16.7 Å². The summed E-state index contributed by atoms with van der Waals surface area (Å²) in [7, 11) is -3.44. The molecule has 2 aliphatic heterocycles. The highest BCUT2D eigenvalue weighted by molar-refractivity contribution is 8.00. The third-order valence-electron chi connectivity index (χ3n) is 5.03. The summed E-state index contributed by atoms with van der Waals surface area (Å²) in [6.07, 6.45) is 3.02. The third-order valence-corrected chi connectivity index (χ3v) is 8.15. The van der Waals surface area contributed by atoms with E-state index >= 15 is 0 Å². The van der Waals surface area contributed by atoms with Crippen LogP contribution < -0.4 is 0 Å². The fraction of sp³-hybridized carbons (Fsp3) is 0.526. The molecule has 1 spiro atoms. The third kappa shape index (κ3) is 4.00. The van der Waals surface area contributed by atoms with E-state index in [1.54, 1.807) is 6.08 Å². The standard InChI is InChI=1S/C19H26N2O3S2/c1-16(2)18(22)21-13-14-25-19(21)9-11-20(12-10-19)26(23,24)15-8-17-6-4-3-5-7-17/h3-8,15-16H,9-14H2,1-2H3/b15-8+. The van der Waals surface area contributed by atoms with Crippen LogP contribution in [-0.2, 0) is 14.8 Å². The Hall–Kier alpha value is -1.31. The van der Waals surface area contributed by atoms with Gasteiger partial charge in [0.2, 0.25) is 15.9 Å². The summed E-state index contributed by atoms with van der Waals surface area (Å²) in [6, 6.07) is 9.42. The topological polar surface area (TPSA) is 57.7 Å². The van der Waals surface area contributed by atoms with E-state index in [2.05, 4.69) is 0 Å². The minimum Gasteiger partial charge on any atom is -0.327 e. The smallest absolute Gasteiger partial charge is 0.236 e. The number of thioether (sulfide) groups is 1. The van der Waals surface area contributed by atoms with Crippen LogP contribution in [0.1, 0.15) is 32.3 Å². The molecule has 1 amide bonds. The van der Waals surface area contributed by atoms with Gasteiger partial charge in [-0.2, -0.15) is 4.31 Å². The van der Waals surface area contributed by atoms with Crippen molar-refractivity contribution in [2.45, 2.75) is 31.6 Å². The number of piperidine rings is 1. The number of sulfonamides is 1. The number of amides is 1. The highest BCUT2D eigenvalue weighted by atomic mass is 32.2. The summed E-state index contributed by atoms with van der Waals surface area (Å²) in [6.45, 7) is 5.52. The first-order valence-electron chi connectivity index (χ1n) is 9.03. The normalized spacial score (nSPS) is 21.1. The Labute approximate surface area is 160 Å². The van der Waals surface area contributed by atoms with E-state index in [1.165, 1.54) is 9.71 Å². The van der Waals surface area contributed by atoms with Crippen LogP contribution in [0.3, 0.4) is 0 Å². The highest BCUT2D eigenvalue weighted by Gasteiger charge is 2.47. The van der Waals surface area contributed by atoms with E-state index in [0.29, 0.717) is 25.9 Å². The Bertz CT molecular complexity index is 767. The number of carbonyl (C=O) groups is 1. The molecule has 2 aliphatic rings. The van der Waals surface area contributed by atoms with Gasteiger partial charge in [0.05, 0.1) is 4.87 Å². The molecule has 26 heavy (non-hydrogen) atoms. The van der Waals surface area contributed by atoms with Crippen LogP contribution >= 0.6 is 11.8 Å². The molecule has 2 heterocycles. The fourth-order valence-corrected chi connectivity index (χ4v) is 6.21. The molecule has 0 aliphatic carbocycles. The van der Waals surface area contributed by atoms with E-state index in [9.17, 15) is 13.2 Å². The average molecular weight is 395 g/mol. The zero-order valence-corrected chi connectivity index (χ0v) is 16.9. The van der Waals surface area contributed by atoms with Crippen molar-refractivity contribution >= 4 is 33.8 Å². The molecular formula is C19H26N2O3S2. The summed E-state index contributed by atoms with van der Waals surface area (Å²) in [5.41, 5.74) is 0.865. The van der Waals surface area contributed by atoms with Crippen LogP contribution in [0.2, 0.25) is 0 Å². The van der Waals surface area contributed by atoms with Crippen molar-refractivity contribution in [1.29, 1.82) is 0 Å². The van der Waals surface area contributed by atoms with Crippen LogP contribution in [-0.4, -0.2) is 53.8 Å². The Balaban J connectivity index is 1.68. The molecule has 0 atom stereocenters. The lowest BCUT2D eigenvalue weighted by atomic mass is 10.0. The van der Waals surface area contributed by atoms with E-state index in [1.807, 2.05) is 60.8 Å². The monoisotopic (exact) mass is 394 g/mol. The first-order chi connectivity index (χ1) is 12.3. The predicted octanol–water partition coefficient (Wildman–Crippen LogP) is 3.01. The van der Waals surface area contributed by atoms with Crippen molar-refractivity contribution in [3.8, 4) is 0 Å². The molecule has 1 aromatic rings. The zero-order chi connectivity index (χ0) is 18.8. The van der Waals surface area contributed by atoms with Crippen molar-refractivity contribution in [1.82, 2.24) is 9.21 Å². The van der Waals surface area contributed by atoms with Gasteiger partial charge in [-0.05, 0) is 24.5 Å². The maximum absolute atomic E-state index is 12.6. The fourth-order valence-electron chi connectivity index (χ4n) is 3.55. The van der Waals surface area contributed by atoms with Gasteiger partial charge in [0.1, 0.15) is 0 Å². The lowest BCUT2D eigenvalue weighted by Gasteiger charge is -2.44.